The van der Waals surface area contributed by atoms with Crippen molar-refractivity contribution in [2.24, 2.45) is 0 Å². The van der Waals surface area contributed by atoms with E-state index < -0.39 is 0 Å². The van der Waals surface area contributed by atoms with Gasteiger partial charge in [0.2, 0.25) is 0 Å². The van der Waals surface area contributed by atoms with E-state index in [-0.39, 0.29) is 0 Å². The fraction of sp³-hybridized carbons (Fsp3) is 0.0500. The van der Waals surface area contributed by atoms with Crippen LogP contribution in [0.2, 0.25) is 0 Å². The average Bonchev–Trinajstić information content (AvgIpc) is 3.12. The summed E-state index contributed by atoms with van der Waals surface area (Å²) in [6, 6.07) is 36.0. The first-order valence-electron chi connectivity index (χ1n) is 14.9. The Labute approximate surface area is 256 Å². The number of hydrogen-bond donors (Lipinski definition) is 0. The van der Waals surface area contributed by atoms with Gasteiger partial charge in [0.15, 0.2) is 0 Å². The van der Waals surface area contributed by atoms with E-state index in [1.807, 2.05) is 48.8 Å². The first-order chi connectivity index (χ1) is 21.8. The fourth-order valence-electron chi connectivity index (χ4n) is 6.29. The molecule has 4 heterocycles. The van der Waals surface area contributed by atoms with E-state index in [4.69, 9.17) is 9.97 Å². The highest BCUT2D eigenvalue weighted by molar-refractivity contribution is 6.21. The van der Waals surface area contributed by atoms with Crippen LogP contribution in [-0.4, -0.2) is 19.9 Å². The lowest BCUT2D eigenvalue weighted by Crippen LogP contribution is -1.98. The molecular formula is C40H28N4. The number of aromatic nitrogens is 4. The van der Waals surface area contributed by atoms with Crippen molar-refractivity contribution in [3.8, 4) is 45.0 Å². The molecule has 0 aliphatic heterocycles. The summed E-state index contributed by atoms with van der Waals surface area (Å²) in [6.45, 7) is 0. The zero-order valence-corrected chi connectivity index (χ0v) is 24.0. The van der Waals surface area contributed by atoms with Crippen LogP contribution in [0.3, 0.4) is 0 Å². The molecule has 4 nitrogen and oxygen atoms in total. The quantitative estimate of drug-likeness (QED) is 0.195. The van der Waals surface area contributed by atoms with Crippen LogP contribution in [0, 0.1) is 0 Å². The van der Waals surface area contributed by atoms with Gasteiger partial charge in [0.25, 0.3) is 0 Å². The van der Waals surface area contributed by atoms with Crippen LogP contribution >= 0.6 is 0 Å². The van der Waals surface area contributed by atoms with Crippen LogP contribution in [0.25, 0.3) is 66.6 Å². The first kappa shape index (κ1) is 25.9. The Kier molecular flexibility index (Phi) is 6.58. The van der Waals surface area contributed by atoms with Crippen LogP contribution in [0.4, 0.5) is 0 Å². The second-order valence-corrected chi connectivity index (χ2v) is 11.1. The lowest BCUT2D eigenvalue weighted by Gasteiger charge is -2.20. The SMILES string of the molecule is C1=CCC(c2ccc3c(-c4ccc(-c5ccccn5)nc4)c4ccccc4c(-c4ccc(-c5ccccn5)nc4)c3c2)C=C1. The minimum atomic E-state index is 0.344. The maximum atomic E-state index is 4.87. The van der Waals surface area contributed by atoms with E-state index in [9.17, 15) is 0 Å². The molecule has 0 saturated heterocycles. The molecule has 8 rings (SSSR count). The Hall–Kier alpha value is -5.74. The van der Waals surface area contributed by atoms with Gasteiger partial charge in [-0.2, -0.15) is 0 Å². The third kappa shape index (κ3) is 4.67. The summed E-state index contributed by atoms with van der Waals surface area (Å²) in [5.74, 6) is 0.344. The normalized spacial score (nSPS) is 14.3. The first-order valence-corrected chi connectivity index (χ1v) is 14.9. The predicted octanol–water partition coefficient (Wildman–Crippen LogP) is 9.84. The van der Waals surface area contributed by atoms with Gasteiger partial charge in [-0.25, -0.2) is 0 Å². The molecular weight excluding hydrogens is 536 g/mol. The van der Waals surface area contributed by atoms with E-state index in [0.29, 0.717) is 5.92 Å². The van der Waals surface area contributed by atoms with Crippen molar-refractivity contribution >= 4 is 21.5 Å². The summed E-state index contributed by atoms with van der Waals surface area (Å²) < 4.78 is 0. The molecule has 4 aromatic heterocycles. The maximum Gasteiger partial charge on any atom is 0.0886 e. The second-order valence-electron chi connectivity index (χ2n) is 11.1. The van der Waals surface area contributed by atoms with Gasteiger partial charge >= 0.3 is 0 Å². The lowest BCUT2D eigenvalue weighted by molar-refractivity contribution is 0.855. The second kappa shape index (κ2) is 11.2. The predicted molar refractivity (Wildman–Crippen MR) is 180 cm³/mol. The lowest BCUT2D eigenvalue weighted by atomic mass is 9.84. The van der Waals surface area contributed by atoms with Crippen molar-refractivity contribution in [2.45, 2.75) is 12.3 Å². The highest BCUT2D eigenvalue weighted by atomic mass is 14.8. The van der Waals surface area contributed by atoms with Gasteiger partial charge in [0.05, 0.1) is 22.8 Å². The molecule has 7 aromatic rings. The molecule has 1 aliphatic carbocycles. The molecule has 0 N–H and O–H groups in total. The Morgan fingerprint density at radius 3 is 1.57 bits per heavy atom. The van der Waals surface area contributed by atoms with E-state index in [0.717, 1.165) is 40.3 Å². The summed E-state index contributed by atoms with van der Waals surface area (Å²) in [5.41, 5.74) is 9.29. The molecule has 208 valence electrons. The number of pyridine rings is 4. The minimum Gasteiger partial charge on any atom is -0.255 e. The Bertz CT molecular complexity index is 2170. The third-order valence-electron chi connectivity index (χ3n) is 8.42. The molecule has 0 amide bonds. The number of rotatable bonds is 5. The van der Waals surface area contributed by atoms with Crippen molar-refractivity contribution in [3.63, 3.8) is 0 Å². The van der Waals surface area contributed by atoms with Gasteiger partial charge in [0.1, 0.15) is 0 Å². The van der Waals surface area contributed by atoms with Crippen molar-refractivity contribution in [3.05, 3.63) is 158 Å². The molecule has 44 heavy (non-hydrogen) atoms. The monoisotopic (exact) mass is 564 g/mol. The Morgan fingerprint density at radius 1 is 0.477 bits per heavy atom. The molecule has 0 fully saturated rings. The molecule has 1 aliphatic rings. The maximum absolute atomic E-state index is 4.87. The van der Waals surface area contributed by atoms with Crippen molar-refractivity contribution < 1.29 is 0 Å². The average molecular weight is 565 g/mol. The minimum absolute atomic E-state index is 0.344. The summed E-state index contributed by atoms with van der Waals surface area (Å²) in [6.07, 6.45) is 17.4. The zero-order chi connectivity index (χ0) is 29.3. The van der Waals surface area contributed by atoms with Gasteiger partial charge in [-0.1, -0.05) is 85.0 Å². The number of benzene rings is 3. The number of fused-ring (bicyclic) bond motifs is 2. The van der Waals surface area contributed by atoms with Gasteiger partial charge in [0, 0.05) is 41.8 Å². The smallest absolute Gasteiger partial charge is 0.0886 e. The van der Waals surface area contributed by atoms with Crippen molar-refractivity contribution in [1.29, 1.82) is 0 Å². The van der Waals surface area contributed by atoms with E-state index in [1.165, 1.54) is 38.2 Å². The molecule has 0 radical (unpaired) electrons. The van der Waals surface area contributed by atoms with Crippen molar-refractivity contribution in [2.75, 3.05) is 0 Å². The molecule has 0 bridgehead atoms. The van der Waals surface area contributed by atoms with E-state index >= 15 is 0 Å². The number of nitrogens with zero attached hydrogens (tertiary/aromatic N) is 4. The fourth-order valence-corrected chi connectivity index (χ4v) is 6.29. The van der Waals surface area contributed by atoms with Crippen molar-refractivity contribution in [1.82, 2.24) is 19.9 Å². The Balaban J connectivity index is 1.36. The Morgan fingerprint density at radius 2 is 1.05 bits per heavy atom. The number of hydrogen-bond acceptors (Lipinski definition) is 4. The highest BCUT2D eigenvalue weighted by Crippen LogP contribution is 2.45. The van der Waals surface area contributed by atoms with Crippen LogP contribution < -0.4 is 0 Å². The standard InChI is InChI=1S/C40H28N4/c1-2-10-27(11-3-1)28-16-19-33-34(24-28)40(30-18-21-38(44-26-30)36-15-7-9-23-42-36)32-13-5-4-12-31(32)39(33)29-17-20-37(43-25-29)35-14-6-8-22-41-35/h1-10,12-27H,11H2. The van der Waals surface area contributed by atoms with Gasteiger partial charge in [-0.15, -0.1) is 0 Å². The molecule has 1 atom stereocenters. The summed E-state index contributed by atoms with van der Waals surface area (Å²) in [4.78, 5) is 18.7. The third-order valence-corrected chi connectivity index (χ3v) is 8.42. The highest BCUT2D eigenvalue weighted by Gasteiger charge is 2.19. The summed E-state index contributed by atoms with van der Waals surface area (Å²) in [5, 5.41) is 4.77. The van der Waals surface area contributed by atoms with Crippen LogP contribution in [0.1, 0.15) is 17.9 Å². The summed E-state index contributed by atoms with van der Waals surface area (Å²) >= 11 is 0. The van der Waals surface area contributed by atoms with Crippen LogP contribution in [-0.2, 0) is 0 Å². The molecule has 0 saturated carbocycles. The number of allylic oxidation sites excluding steroid dienone is 4. The van der Waals surface area contributed by atoms with Crippen LogP contribution in [0.5, 0.6) is 0 Å². The van der Waals surface area contributed by atoms with Crippen LogP contribution in [0.15, 0.2) is 152 Å². The van der Waals surface area contributed by atoms with Gasteiger partial charge in [-0.3, -0.25) is 19.9 Å². The molecule has 3 aromatic carbocycles. The summed E-state index contributed by atoms with van der Waals surface area (Å²) in [7, 11) is 0. The molecule has 4 heteroatoms. The molecule has 0 spiro atoms. The topological polar surface area (TPSA) is 51.6 Å². The van der Waals surface area contributed by atoms with E-state index in [2.05, 4.69) is 101 Å². The zero-order valence-electron chi connectivity index (χ0n) is 24.0. The van der Waals surface area contributed by atoms with E-state index in [1.54, 1.807) is 12.4 Å². The largest absolute Gasteiger partial charge is 0.255 e. The van der Waals surface area contributed by atoms with Gasteiger partial charge < -0.3 is 0 Å². The molecule has 1 unspecified atom stereocenters. The van der Waals surface area contributed by atoms with Gasteiger partial charge in [-0.05, 0) is 87.1 Å².